The van der Waals surface area contributed by atoms with Crippen molar-refractivity contribution in [3.63, 3.8) is 0 Å². The van der Waals surface area contributed by atoms with E-state index in [1.807, 2.05) is 6.07 Å². The first-order valence-corrected chi connectivity index (χ1v) is 8.79. The molecule has 2 heterocycles. The number of urea groups is 1. The molecule has 0 bridgehead atoms. The number of nitrogens with zero attached hydrogens (tertiary/aromatic N) is 2. The van der Waals surface area contributed by atoms with Crippen molar-refractivity contribution in [2.75, 3.05) is 26.1 Å². The van der Waals surface area contributed by atoms with Gasteiger partial charge in [0.1, 0.15) is 23.0 Å². The second-order valence-electron chi connectivity index (χ2n) is 6.66. The normalized spacial score (nSPS) is 16.8. The lowest BCUT2D eigenvalue weighted by atomic mass is 10.1. The van der Waals surface area contributed by atoms with Crippen LogP contribution in [0.25, 0.3) is 0 Å². The number of amides is 2. The van der Waals surface area contributed by atoms with Crippen molar-refractivity contribution in [3.8, 4) is 11.5 Å². The Morgan fingerprint density at radius 2 is 2.12 bits per heavy atom. The summed E-state index contributed by atoms with van der Waals surface area (Å²) in [5.74, 6) is 2.33. The van der Waals surface area contributed by atoms with E-state index in [0.29, 0.717) is 23.7 Å². The summed E-state index contributed by atoms with van der Waals surface area (Å²) >= 11 is 0. The minimum Gasteiger partial charge on any atom is -0.497 e. The minimum atomic E-state index is -0.187. The Morgan fingerprint density at radius 1 is 1.31 bits per heavy atom. The Bertz CT molecular complexity index is 772. The van der Waals surface area contributed by atoms with Crippen LogP contribution >= 0.6 is 0 Å². The van der Waals surface area contributed by atoms with Gasteiger partial charge in [-0.25, -0.2) is 4.79 Å². The molecule has 0 aliphatic carbocycles. The summed E-state index contributed by atoms with van der Waals surface area (Å²) in [6.07, 6.45) is 1.80. The number of hydrogen-bond acceptors (Lipinski definition) is 5. The number of benzene rings is 1. The van der Waals surface area contributed by atoms with Gasteiger partial charge in [0.05, 0.1) is 25.9 Å². The molecule has 1 aromatic carbocycles. The van der Waals surface area contributed by atoms with Gasteiger partial charge in [0.15, 0.2) is 0 Å². The fourth-order valence-electron chi connectivity index (χ4n) is 3.15. The minimum absolute atomic E-state index is 0.0807. The molecule has 0 unspecified atom stereocenters. The summed E-state index contributed by atoms with van der Waals surface area (Å²) in [5, 5.41) is 7.11. The summed E-state index contributed by atoms with van der Waals surface area (Å²) < 4.78 is 16.0. The van der Waals surface area contributed by atoms with Crippen LogP contribution in [0.3, 0.4) is 0 Å². The molecule has 140 valence electrons. The van der Waals surface area contributed by atoms with Gasteiger partial charge in [0, 0.05) is 24.6 Å². The zero-order chi connectivity index (χ0) is 18.7. The lowest BCUT2D eigenvalue weighted by Crippen LogP contribution is -2.34. The SMILES string of the molecule is COc1ccc(OC)c(NC(=O)N2CCC[C@H]2c2cc(C(C)C)on2)c1. The fraction of sp³-hybridized carbons (Fsp3) is 0.474. The molecule has 1 aliphatic heterocycles. The molecular formula is C19H25N3O4. The Morgan fingerprint density at radius 3 is 2.77 bits per heavy atom. The molecule has 1 atom stereocenters. The topological polar surface area (TPSA) is 76.8 Å². The molecular weight excluding hydrogens is 334 g/mol. The highest BCUT2D eigenvalue weighted by molar-refractivity contribution is 5.91. The lowest BCUT2D eigenvalue weighted by Gasteiger charge is -2.24. The maximum atomic E-state index is 12.9. The van der Waals surface area contributed by atoms with Crippen LogP contribution < -0.4 is 14.8 Å². The van der Waals surface area contributed by atoms with Gasteiger partial charge in [-0.3, -0.25) is 0 Å². The number of ether oxygens (including phenoxy) is 2. The van der Waals surface area contributed by atoms with Crippen molar-refractivity contribution in [1.82, 2.24) is 10.1 Å². The predicted molar refractivity (Wildman–Crippen MR) is 97.8 cm³/mol. The Kier molecular flexibility index (Phi) is 5.35. The van der Waals surface area contributed by atoms with E-state index in [1.54, 1.807) is 37.3 Å². The van der Waals surface area contributed by atoms with Gasteiger partial charge in [-0.2, -0.15) is 0 Å². The van der Waals surface area contributed by atoms with Crippen molar-refractivity contribution in [3.05, 3.63) is 35.7 Å². The number of aromatic nitrogens is 1. The smallest absolute Gasteiger partial charge is 0.322 e. The highest BCUT2D eigenvalue weighted by atomic mass is 16.5. The average Bonchev–Trinajstić information content (AvgIpc) is 3.30. The molecule has 1 aromatic heterocycles. The zero-order valence-electron chi connectivity index (χ0n) is 15.6. The number of likely N-dealkylation sites (tertiary alicyclic amines) is 1. The van der Waals surface area contributed by atoms with Gasteiger partial charge in [0.25, 0.3) is 0 Å². The number of carbonyl (C=O) groups is 1. The highest BCUT2D eigenvalue weighted by Gasteiger charge is 2.33. The maximum absolute atomic E-state index is 12.9. The standard InChI is InChI=1S/C19H25N3O4/c1-12(2)18-11-14(21-26-18)16-6-5-9-22(16)19(23)20-15-10-13(24-3)7-8-17(15)25-4/h7-8,10-12,16H,5-6,9H2,1-4H3,(H,20,23)/t16-/m0/s1. The third-order valence-corrected chi connectivity index (χ3v) is 4.62. The largest absolute Gasteiger partial charge is 0.497 e. The first-order chi connectivity index (χ1) is 12.5. The van der Waals surface area contributed by atoms with E-state index in [4.69, 9.17) is 14.0 Å². The molecule has 3 rings (SSSR count). The van der Waals surface area contributed by atoms with Crippen molar-refractivity contribution in [2.24, 2.45) is 0 Å². The molecule has 1 aliphatic rings. The van der Waals surface area contributed by atoms with Crippen LogP contribution in [0.1, 0.15) is 50.1 Å². The molecule has 2 aromatic rings. The van der Waals surface area contributed by atoms with Crippen LogP contribution in [0.15, 0.2) is 28.8 Å². The van der Waals surface area contributed by atoms with Crippen LogP contribution in [0.4, 0.5) is 10.5 Å². The molecule has 1 saturated heterocycles. The van der Waals surface area contributed by atoms with E-state index in [-0.39, 0.29) is 18.0 Å². The number of methoxy groups -OCH3 is 2. The molecule has 0 spiro atoms. The second kappa shape index (κ2) is 7.68. The van der Waals surface area contributed by atoms with E-state index < -0.39 is 0 Å². The van der Waals surface area contributed by atoms with Gasteiger partial charge in [-0.05, 0) is 25.0 Å². The molecule has 1 fully saturated rings. The molecule has 7 heteroatoms. The number of nitrogens with one attached hydrogen (secondary N) is 1. The summed E-state index contributed by atoms with van der Waals surface area (Å²) in [4.78, 5) is 14.7. The number of rotatable bonds is 5. The fourth-order valence-corrected chi connectivity index (χ4v) is 3.15. The van der Waals surface area contributed by atoms with E-state index in [0.717, 1.165) is 24.3 Å². The van der Waals surface area contributed by atoms with Gasteiger partial charge in [0.2, 0.25) is 0 Å². The molecule has 0 radical (unpaired) electrons. The van der Waals surface area contributed by atoms with Gasteiger partial charge >= 0.3 is 6.03 Å². The second-order valence-corrected chi connectivity index (χ2v) is 6.66. The molecule has 26 heavy (non-hydrogen) atoms. The quantitative estimate of drug-likeness (QED) is 0.866. The molecule has 2 amide bonds. The predicted octanol–water partition coefficient (Wildman–Crippen LogP) is 4.18. The van der Waals surface area contributed by atoms with Gasteiger partial charge < -0.3 is 24.2 Å². The summed E-state index contributed by atoms with van der Waals surface area (Å²) in [5.41, 5.74) is 1.38. The van der Waals surface area contributed by atoms with Crippen LogP contribution in [0.5, 0.6) is 11.5 Å². The van der Waals surface area contributed by atoms with Crippen molar-refractivity contribution >= 4 is 11.7 Å². The van der Waals surface area contributed by atoms with E-state index in [9.17, 15) is 4.79 Å². The van der Waals surface area contributed by atoms with Crippen molar-refractivity contribution in [1.29, 1.82) is 0 Å². The number of carbonyl (C=O) groups excluding carboxylic acids is 1. The molecule has 0 saturated carbocycles. The van der Waals surface area contributed by atoms with Crippen LogP contribution in [-0.2, 0) is 0 Å². The Balaban J connectivity index is 1.78. The Hall–Kier alpha value is -2.70. The first-order valence-electron chi connectivity index (χ1n) is 8.79. The van der Waals surface area contributed by atoms with Crippen LogP contribution in [0.2, 0.25) is 0 Å². The highest BCUT2D eigenvalue weighted by Crippen LogP contribution is 2.34. The average molecular weight is 359 g/mol. The van der Waals surface area contributed by atoms with Crippen molar-refractivity contribution < 1.29 is 18.8 Å². The molecule has 7 nitrogen and oxygen atoms in total. The zero-order valence-corrected chi connectivity index (χ0v) is 15.6. The molecule has 1 N–H and O–H groups in total. The third-order valence-electron chi connectivity index (χ3n) is 4.62. The van der Waals surface area contributed by atoms with Gasteiger partial charge in [-0.15, -0.1) is 0 Å². The monoisotopic (exact) mass is 359 g/mol. The van der Waals surface area contributed by atoms with E-state index in [1.165, 1.54) is 0 Å². The summed E-state index contributed by atoms with van der Waals surface area (Å²) in [6, 6.07) is 6.98. The first kappa shape index (κ1) is 18.1. The van der Waals surface area contributed by atoms with Crippen molar-refractivity contribution in [2.45, 2.75) is 38.6 Å². The summed E-state index contributed by atoms with van der Waals surface area (Å²) in [7, 11) is 3.15. The van der Waals surface area contributed by atoms with E-state index in [2.05, 4.69) is 24.3 Å². The number of hydrogen-bond donors (Lipinski definition) is 1. The lowest BCUT2D eigenvalue weighted by molar-refractivity contribution is 0.204. The van der Waals surface area contributed by atoms with E-state index >= 15 is 0 Å². The maximum Gasteiger partial charge on any atom is 0.322 e. The number of anilines is 1. The summed E-state index contributed by atoms with van der Waals surface area (Å²) in [6.45, 7) is 4.78. The third kappa shape index (κ3) is 3.61. The van der Waals surface area contributed by atoms with Crippen LogP contribution in [0, 0.1) is 0 Å². The van der Waals surface area contributed by atoms with Crippen LogP contribution in [-0.4, -0.2) is 36.9 Å². The Labute approximate surface area is 153 Å². The van der Waals surface area contributed by atoms with Gasteiger partial charge in [-0.1, -0.05) is 19.0 Å².